The van der Waals surface area contributed by atoms with Gasteiger partial charge in [0.2, 0.25) is 0 Å². The minimum Gasteiger partial charge on any atom is -0.326 e. The summed E-state index contributed by atoms with van der Waals surface area (Å²) in [6.07, 6.45) is -1.19. The van der Waals surface area contributed by atoms with Crippen molar-refractivity contribution in [3.05, 3.63) is 35.4 Å². The SMILES string of the molecule is CCN1CCCCC(N)C1c1ccc(C(F)(F)F)cc1. The van der Waals surface area contributed by atoms with E-state index < -0.39 is 11.7 Å². The Morgan fingerprint density at radius 2 is 1.85 bits per heavy atom. The van der Waals surface area contributed by atoms with Crippen LogP contribution in [0, 0.1) is 0 Å². The fourth-order valence-electron chi connectivity index (χ4n) is 2.94. The smallest absolute Gasteiger partial charge is 0.326 e. The van der Waals surface area contributed by atoms with Crippen molar-refractivity contribution in [2.45, 2.75) is 44.4 Å². The molecule has 1 fully saturated rings. The number of hydrogen-bond donors (Lipinski definition) is 1. The van der Waals surface area contributed by atoms with Crippen LogP contribution in [0.2, 0.25) is 0 Å². The van der Waals surface area contributed by atoms with Crippen LogP contribution in [-0.2, 0) is 6.18 Å². The van der Waals surface area contributed by atoms with Crippen LogP contribution in [0.1, 0.15) is 43.4 Å². The third-order valence-corrected chi connectivity index (χ3v) is 4.02. The molecule has 1 saturated heterocycles. The van der Waals surface area contributed by atoms with E-state index in [9.17, 15) is 13.2 Å². The highest BCUT2D eigenvalue weighted by molar-refractivity contribution is 5.28. The number of likely N-dealkylation sites (N-methyl/N-ethyl adjacent to an activating group) is 1. The van der Waals surface area contributed by atoms with Gasteiger partial charge in [-0.25, -0.2) is 0 Å². The normalized spacial score (nSPS) is 25.4. The van der Waals surface area contributed by atoms with Crippen molar-refractivity contribution >= 4 is 0 Å². The molecule has 5 heteroatoms. The molecular formula is C15H21F3N2. The Morgan fingerprint density at radius 3 is 2.40 bits per heavy atom. The minimum absolute atomic E-state index is 0.0183. The summed E-state index contributed by atoms with van der Waals surface area (Å²) in [5, 5.41) is 0. The highest BCUT2D eigenvalue weighted by atomic mass is 19.4. The quantitative estimate of drug-likeness (QED) is 0.900. The second-order valence-corrected chi connectivity index (χ2v) is 5.35. The van der Waals surface area contributed by atoms with E-state index in [0.29, 0.717) is 0 Å². The van der Waals surface area contributed by atoms with Crippen LogP contribution >= 0.6 is 0 Å². The number of nitrogens with zero attached hydrogens (tertiary/aromatic N) is 1. The van der Waals surface area contributed by atoms with Crippen molar-refractivity contribution in [2.75, 3.05) is 13.1 Å². The molecule has 1 aliphatic rings. The van der Waals surface area contributed by atoms with E-state index in [2.05, 4.69) is 11.8 Å². The molecule has 0 aliphatic carbocycles. The zero-order valence-electron chi connectivity index (χ0n) is 11.7. The summed E-state index contributed by atoms with van der Waals surface area (Å²) in [6.45, 7) is 3.88. The van der Waals surface area contributed by atoms with Gasteiger partial charge in [-0.1, -0.05) is 25.5 Å². The molecule has 2 N–H and O–H groups in total. The van der Waals surface area contributed by atoms with Crippen LogP contribution in [0.15, 0.2) is 24.3 Å². The molecule has 2 nitrogen and oxygen atoms in total. The predicted molar refractivity (Wildman–Crippen MR) is 73.3 cm³/mol. The van der Waals surface area contributed by atoms with Gasteiger partial charge >= 0.3 is 6.18 Å². The summed E-state index contributed by atoms with van der Waals surface area (Å²) in [6, 6.07) is 5.45. The standard InChI is InChI=1S/C15H21F3N2/c1-2-20-10-4-3-5-13(19)14(20)11-6-8-12(9-7-11)15(16,17)18/h6-9,13-14H,2-5,10,19H2,1H3. The molecule has 2 atom stereocenters. The first-order valence-corrected chi connectivity index (χ1v) is 7.10. The van der Waals surface area contributed by atoms with Gasteiger partial charge in [0.1, 0.15) is 0 Å². The highest BCUT2D eigenvalue weighted by Gasteiger charge is 2.32. The molecule has 2 unspecified atom stereocenters. The van der Waals surface area contributed by atoms with Crippen molar-refractivity contribution in [1.29, 1.82) is 0 Å². The second-order valence-electron chi connectivity index (χ2n) is 5.35. The van der Waals surface area contributed by atoms with E-state index in [-0.39, 0.29) is 12.1 Å². The van der Waals surface area contributed by atoms with Crippen molar-refractivity contribution in [1.82, 2.24) is 4.90 Å². The number of rotatable bonds is 2. The fourth-order valence-corrected chi connectivity index (χ4v) is 2.94. The van der Waals surface area contributed by atoms with Crippen LogP contribution in [0.5, 0.6) is 0 Å². The fraction of sp³-hybridized carbons (Fsp3) is 0.600. The third-order valence-electron chi connectivity index (χ3n) is 4.02. The maximum atomic E-state index is 12.6. The van der Waals surface area contributed by atoms with E-state index >= 15 is 0 Å². The van der Waals surface area contributed by atoms with Gasteiger partial charge in [0, 0.05) is 12.1 Å². The molecule has 0 radical (unpaired) electrons. The molecule has 0 saturated carbocycles. The summed E-state index contributed by atoms with van der Waals surface area (Å²) in [4.78, 5) is 2.26. The molecule has 1 aromatic rings. The van der Waals surface area contributed by atoms with E-state index in [1.165, 1.54) is 0 Å². The number of likely N-dealkylation sites (tertiary alicyclic amines) is 1. The summed E-state index contributed by atoms with van der Waals surface area (Å²) >= 11 is 0. The molecule has 1 aromatic carbocycles. The number of nitrogens with two attached hydrogens (primary N) is 1. The molecule has 0 amide bonds. The first-order chi connectivity index (χ1) is 9.43. The molecular weight excluding hydrogens is 265 g/mol. The van der Waals surface area contributed by atoms with Gasteiger partial charge in [-0.2, -0.15) is 13.2 Å². The molecule has 0 aromatic heterocycles. The van der Waals surface area contributed by atoms with Crippen LogP contribution in [-0.4, -0.2) is 24.0 Å². The molecule has 1 heterocycles. The van der Waals surface area contributed by atoms with Gasteiger partial charge < -0.3 is 5.73 Å². The number of halogens is 3. The lowest BCUT2D eigenvalue weighted by atomic mass is 9.95. The summed E-state index contributed by atoms with van der Waals surface area (Å²) in [5.74, 6) is 0. The summed E-state index contributed by atoms with van der Waals surface area (Å²) in [5.41, 5.74) is 6.52. The highest BCUT2D eigenvalue weighted by Crippen LogP contribution is 2.33. The zero-order chi connectivity index (χ0) is 14.8. The van der Waals surface area contributed by atoms with E-state index in [0.717, 1.165) is 50.0 Å². The molecule has 20 heavy (non-hydrogen) atoms. The minimum atomic E-state index is -4.28. The number of hydrogen-bond acceptors (Lipinski definition) is 2. The maximum Gasteiger partial charge on any atom is 0.416 e. The van der Waals surface area contributed by atoms with Crippen LogP contribution in [0.3, 0.4) is 0 Å². The summed E-state index contributed by atoms with van der Waals surface area (Å²) < 4.78 is 37.8. The number of benzene rings is 1. The van der Waals surface area contributed by atoms with Gasteiger partial charge in [0.05, 0.1) is 5.56 Å². The lowest BCUT2D eigenvalue weighted by Gasteiger charge is -2.33. The van der Waals surface area contributed by atoms with Crippen LogP contribution < -0.4 is 5.73 Å². The van der Waals surface area contributed by atoms with E-state index in [4.69, 9.17) is 5.73 Å². The topological polar surface area (TPSA) is 29.3 Å². The lowest BCUT2D eigenvalue weighted by molar-refractivity contribution is -0.137. The first kappa shape index (κ1) is 15.3. The predicted octanol–water partition coefficient (Wildman–Crippen LogP) is 3.58. The lowest BCUT2D eigenvalue weighted by Crippen LogP contribution is -2.39. The van der Waals surface area contributed by atoms with Gasteiger partial charge in [-0.15, -0.1) is 0 Å². The van der Waals surface area contributed by atoms with Gasteiger partial charge in [-0.3, -0.25) is 4.90 Å². The third kappa shape index (κ3) is 3.33. The zero-order valence-corrected chi connectivity index (χ0v) is 11.7. The molecule has 2 rings (SSSR count). The van der Waals surface area contributed by atoms with Gasteiger partial charge in [0.15, 0.2) is 0 Å². The largest absolute Gasteiger partial charge is 0.416 e. The van der Waals surface area contributed by atoms with Crippen molar-refractivity contribution < 1.29 is 13.2 Å². The van der Waals surface area contributed by atoms with E-state index in [1.807, 2.05) is 0 Å². The Bertz CT molecular complexity index is 428. The van der Waals surface area contributed by atoms with Gasteiger partial charge in [0.25, 0.3) is 0 Å². The molecule has 112 valence electrons. The Balaban J connectivity index is 2.27. The average molecular weight is 286 g/mol. The molecule has 1 aliphatic heterocycles. The Labute approximate surface area is 117 Å². The maximum absolute atomic E-state index is 12.6. The van der Waals surface area contributed by atoms with Crippen molar-refractivity contribution in [3.8, 4) is 0 Å². The first-order valence-electron chi connectivity index (χ1n) is 7.10. The van der Waals surface area contributed by atoms with E-state index in [1.54, 1.807) is 12.1 Å². The monoisotopic (exact) mass is 286 g/mol. The molecule has 0 spiro atoms. The number of alkyl halides is 3. The van der Waals surface area contributed by atoms with Crippen LogP contribution in [0.25, 0.3) is 0 Å². The molecule has 0 bridgehead atoms. The van der Waals surface area contributed by atoms with Crippen LogP contribution in [0.4, 0.5) is 13.2 Å². The summed E-state index contributed by atoms with van der Waals surface area (Å²) in [7, 11) is 0. The second kappa shape index (κ2) is 6.14. The average Bonchev–Trinajstić information content (AvgIpc) is 2.59. The van der Waals surface area contributed by atoms with Gasteiger partial charge in [-0.05, 0) is 43.6 Å². The Kier molecular flexibility index (Phi) is 4.70. The Hall–Kier alpha value is -1.07. The van der Waals surface area contributed by atoms with Crippen molar-refractivity contribution in [2.24, 2.45) is 5.73 Å². The Morgan fingerprint density at radius 1 is 1.20 bits per heavy atom. The van der Waals surface area contributed by atoms with Crippen molar-refractivity contribution in [3.63, 3.8) is 0 Å².